The van der Waals surface area contributed by atoms with Crippen LogP contribution in [0.5, 0.6) is 23.0 Å². The van der Waals surface area contributed by atoms with Crippen LogP contribution in [-0.2, 0) is 48.4 Å². The van der Waals surface area contributed by atoms with Gasteiger partial charge >= 0.3 is 0 Å². The van der Waals surface area contributed by atoms with E-state index < -0.39 is 74.7 Å². The Hall–Kier alpha value is -6.40. The van der Waals surface area contributed by atoms with Gasteiger partial charge in [-0.2, -0.15) is 0 Å². The molecule has 3 aromatic rings. The molecule has 18 nitrogen and oxygen atoms in total. The van der Waals surface area contributed by atoms with Gasteiger partial charge in [0.1, 0.15) is 19.6 Å². The van der Waals surface area contributed by atoms with Crippen molar-refractivity contribution in [3.63, 3.8) is 0 Å². The highest BCUT2D eigenvalue weighted by atomic mass is 16.5. The van der Waals surface area contributed by atoms with E-state index in [1.807, 2.05) is 39.0 Å². The lowest BCUT2D eigenvalue weighted by atomic mass is 10.1. The van der Waals surface area contributed by atoms with Crippen LogP contribution in [0, 0.1) is 13.8 Å². The van der Waals surface area contributed by atoms with Crippen molar-refractivity contribution in [2.75, 3.05) is 100 Å². The van der Waals surface area contributed by atoms with E-state index in [1.54, 1.807) is 36.4 Å². The molecule has 0 atom stereocenters. The van der Waals surface area contributed by atoms with Crippen LogP contribution in [0.4, 0.5) is 0 Å². The van der Waals surface area contributed by atoms with Crippen molar-refractivity contribution in [3.05, 3.63) is 82.4 Å². The Morgan fingerprint density at radius 3 is 1.06 bits per heavy atom. The van der Waals surface area contributed by atoms with Gasteiger partial charge in [0, 0.05) is 39.3 Å². The fourth-order valence-corrected chi connectivity index (χ4v) is 7.59. The first-order chi connectivity index (χ1) is 32.2. The van der Waals surface area contributed by atoms with Gasteiger partial charge in [-0.25, -0.2) is 0 Å². The van der Waals surface area contributed by atoms with Gasteiger partial charge in [-0.1, -0.05) is 43.7 Å². The lowest BCUT2D eigenvalue weighted by Crippen LogP contribution is -2.53. The Balaban J connectivity index is 1.87. The van der Waals surface area contributed by atoms with Crippen molar-refractivity contribution in [2.24, 2.45) is 11.5 Å². The molecule has 366 valence electrons. The third-order valence-corrected chi connectivity index (χ3v) is 11.7. The van der Waals surface area contributed by atoms with E-state index >= 15 is 0 Å². The zero-order valence-electron chi connectivity index (χ0n) is 40.3. The number of benzene rings is 3. The fourth-order valence-electron chi connectivity index (χ4n) is 7.59. The quantitative estimate of drug-likeness (QED) is 0.178. The minimum absolute atomic E-state index is 0.0285. The van der Waals surface area contributed by atoms with Gasteiger partial charge in [0.05, 0.1) is 48.1 Å². The van der Waals surface area contributed by atoms with Gasteiger partial charge in [0.25, 0.3) is 0 Å². The van der Waals surface area contributed by atoms with Crippen molar-refractivity contribution in [3.8, 4) is 23.0 Å². The van der Waals surface area contributed by atoms with Crippen LogP contribution < -0.4 is 30.4 Å². The maximum atomic E-state index is 14.6. The standard InChI is InChI=1S/C49H70N8O10/c1-8-9-20-52-29-47(61)57(28-39-15-17-41(65-5)43(25-39)67-7)34-46(60)53(21-10-18-50)30-48(62)55(26-37-13-12-35(2)36(3)23-37)33-45(59)54(22-11-19-51)31-49(63)56(32-44(52)58)27-38-14-16-40(64-4)42(24-38)66-6/h12-17,23-25H,8-11,18-22,26-34,50-51H2,1-7H3. The monoisotopic (exact) mass is 931 g/mol. The third-order valence-electron chi connectivity index (χ3n) is 11.7. The van der Waals surface area contributed by atoms with E-state index in [0.29, 0.717) is 59.8 Å². The first-order valence-electron chi connectivity index (χ1n) is 22.7. The van der Waals surface area contributed by atoms with Crippen LogP contribution in [0.2, 0.25) is 0 Å². The number of ether oxygens (including phenoxy) is 4. The molecule has 6 amide bonds. The molecule has 0 bridgehead atoms. The van der Waals surface area contributed by atoms with Gasteiger partial charge in [-0.15, -0.1) is 0 Å². The number of nitrogens with zero attached hydrogens (tertiary/aromatic N) is 6. The highest BCUT2D eigenvalue weighted by molar-refractivity contribution is 5.94. The number of hydrogen-bond donors (Lipinski definition) is 2. The molecule has 4 rings (SSSR count). The summed E-state index contributed by atoms with van der Waals surface area (Å²) in [5.74, 6) is -1.40. The molecule has 3 aromatic carbocycles. The molecule has 0 spiro atoms. The van der Waals surface area contributed by atoms with Crippen molar-refractivity contribution in [1.82, 2.24) is 29.4 Å². The maximum absolute atomic E-state index is 14.6. The number of amides is 6. The number of hydrogen-bond acceptors (Lipinski definition) is 12. The van der Waals surface area contributed by atoms with E-state index in [-0.39, 0.29) is 52.4 Å². The number of carbonyl (C=O) groups is 6. The van der Waals surface area contributed by atoms with Crippen molar-refractivity contribution in [1.29, 1.82) is 0 Å². The first kappa shape index (κ1) is 53.2. The number of aryl methyl sites for hydroxylation is 2. The molecule has 0 radical (unpaired) electrons. The van der Waals surface area contributed by atoms with Crippen LogP contribution in [-0.4, -0.2) is 165 Å². The molecule has 1 aliphatic heterocycles. The van der Waals surface area contributed by atoms with Crippen LogP contribution >= 0.6 is 0 Å². The Morgan fingerprint density at radius 1 is 0.418 bits per heavy atom. The summed E-state index contributed by atoms with van der Waals surface area (Å²) >= 11 is 0. The zero-order chi connectivity index (χ0) is 49.0. The summed E-state index contributed by atoms with van der Waals surface area (Å²) in [6.45, 7) is 4.03. The van der Waals surface area contributed by atoms with Crippen molar-refractivity contribution in [2.45, 2.75) is 66.1 Å². The predicted molar refractivity (Wildman–Crippen MR) is 253 cm³/mol. The molecular weight excluding hydrogens is 861 g/mol. The van der Waals surface area contributed by atoms with Crippen LogP contribution in [0.1, 0.15) is 60.4 Å². The Labute approximate surface area is 395 Å². The second kappa shape index (κ2) is 26.7. The topological polar surface area (TPSA) is 211 Å². The molecule has 0 aliphatic carbocycles. The van der Waals surface area contributed by atoms with Crippen LogP contribution in [0.25, 0.3) is 0 Å². The summed E-state index contributed by atoms with van der Waals surface area (Å²) in [7, 11) is 6.00. The summed E-state index contributed by atoms with van der Waals surface area (Å²) in [6, 6.07) is 16.0. The van der Waals surface area contributed by atoms with E-state index in [9.17, 15) is 28.8 Å². The molecular formula is C49H70N8O10. The first-order valence-corrected chi connectivity index (χ1v) is 22.7. The third kappa shape index (κ3) is 15.6. The van der Waals surface area contributed by atoms with Crippen LogP contribution in [0.15, 0.2) is 54.6 Å². The second-order valence-electron chi connectivity index (χ2n) is 16.6. The van der Waals surface area contributed by atoms with E-state index in [0.717, 1.165) is 16.7 Å². The van der Waals surface area contributed by atoms with E-state index in [4.69, 9.17) is 30.4 Å². The normalized spacial score (nSPS) is 15.3. The number of unbranched alkanes of at least 4 members (excludes halogenated alkanes) is 1. The predicted octanol–water partition coefficient (Wildman–Crippen LogP) is 2.72. The molecule has 1 heterocycles. The summed E-state index contributed by atoms with van der Waals surface area (Å²) < 4.78 is 21.9. The molecule has 1 saturated heterocycles. The van der Waals surface area contributed by atoms with Crippen LogP contribution in [0.3, 0.4) is 0 Å². The minimum atomic E-state index is -0.544. The van der Waals surface area contributed by atoms with Gasteiger partial charge in [-0.05, 0) is 98.3 Å². The average Bonchev–Trinajstić information content (AvgIpc) is 3.32. The van der Waals surface area contributed by atoms with E-state index in [2.05, 4.69) is 0 Å². The zero-order valence-corrected chi connectivity index (χ0v) is 40.3. The lowest BCUT2D eigenvalue weighted by Gasteiger charge is -2.34. The summed E-state index contributed by atoms with van der Waals surface area (Å²) in [4.78, 5) is 95.6. The number of rotatable bonds is 19. The fraction of sp³-hybridized carbons (Fsp3) is 0.510. The Bertz CT molecular complexity index is 2110. The molecule has 0 aromatic heterocycles. The number of carbonyl (C=O) groups excluding carboxylic acids is 6. The smallest absolute Gasteiger partial charge is 0.242 e. The Kier molecular flexibility index (Phi) is 21.2. The molecule has 0 unspecified atom stereocenters. The number of nitrogens with two attached hydrogens (primary N) is 2. The van der Waals surface area contributed by atoms with Gasteiger partial charge in [0.2, 0.25) is 35.4 Å². The van der Waals surface area contributed by atoms with E-state index in [1.165, 1.54) is 57.8 Å². The summed E-state index contributed by atoms with van der Waals surface area (Å²) in [5, 5.41) is 0. The van der Waals surface area contributed by atoms with Crippen molar-refractivity contribution < 1.29 is 47.7 Å². The summed E-state index contributed by atoms with van der Waals surface area (Å²) in [5.41, 5.74) is 15.9. The highest BCUT2D eigenvalue weighted by Crippen LogP contribution is 2.29. The molecule has 0 saturated carbocycles. The largest absolute Gasteiger partial charge is 0.493 e. The number of methoxy groups -OCH3 is 4. The lowest BCUT2D eigenvalue weighted by molar-refractivity contribution is -0.150. The molecule has 1 fully saturated rings. The summed E-state index contributed by atoms with van der Waals surface area (Å²) in [6.07, 6.45) is 1.95. The average molecular weight is 931 g/mol. The molecule has 18 heteroatoms. The molecule has 67 heavy (non-hydrogen) atoms. The second-order valence-corrected chi connectivity index (χ2v) is 16.6. The van der Waals surface area contributed by atoms with Gasteiger partial charge < -0.3 is 59.8 Å². The van der Waals surface area contributed by atoms with Crippen molar-refractivity contribution >= 4 is 35.4 Å². The Morgan fingerprint density at radius 2 is 0.731 bits per heavy atom. The highest BCUT2D eigenvalue weighted by Gasteiger charge is 2.32. The SMILES string of the molecule is CCCCN1CC(=O)N(Cc2ccc(OC)c(OC)c2)CC(=O)N(CCCN)CC(=O)N(Cc2ccc(C)c(C)c2)CC(=O)N(CCCN)CC(=O)N(Cc2ccc(OC)c(OC)c2)CC1=O. The minimum Gasteiger partial charge on any atom is -0.493 e. The van der Waals surface area contributed by atoms with Gasteiger partial charge in [0.15, 0.2) is 23.0 Å². The molecule has 4 N–H and O–H groups in total. The molecule has 1 aliphatic rings. The van der Waals surface area contributed by atoms with Gasteiger partial charge in [-0.3, -0.25) is 28.8 Å². The maximum Gasteiger partial charge on any atom is 0.242 e.